The van der Waals surface area contributed by atoms with E-state index in [1.165, 1.54) is 25.3 Å². The first-order valence-electron chi connectivity index (χ1n) is 9.31. The van der Waals surface area contributed by atoms with Crippen LogP contribution in [0.3, 0.4) is 0 Å². The largest absolute Gasteiger partial charge is 0.453 e. The lowest BCUT2D eigenvalue weighted by molar-refractivity contribution is 0.0757. The van der Waals surface area contributed by atoms with E-state index in [0.717, 1.165) is 4.47 Å². The highest BCUT2D eigenvalue weighted by Gasteiger charge is 2.23. The zero-order chi connectivity index (χ0) is 21.7. The molecule has 0 radical (unpaired) electrons. The highest BCUT2D eigenvalue weighted by molar-refractivity contribution is 9.10. The number of sulfonamides is 1. The molecule has 0 unspecified atom stereocenters. The van der Waals surface area contributed by atoms with Crippen molar-refractivity contribution in [3.8, 4) is 0 Å². The molecule has 0 bridgehead atoms. The second-order valence-corrected chi connectivity index (χ2v) is 9.34. The molecule has 0 atom stereocenters. The van der Waals surface area contributed by atoms with Gasteiger partial charge in [0, 0.05) is 41.9 Å². The third kappa shape index (κ3) is 5.31. The van der Waals surface area contributed by atoms with Crippen molar-refractivity contribution in [1.82, 2.24) is 9.80 Å². The Hall–Kier alpha value is -2.59. The molecule has 1 aliphatic rings. The van der Waals surface area contributed by atoms with Crippen molar-refractivity contribution in [2.75, 3.05) is 38.0 Å². The summed E-state index contributed by atoms with van der Waals surface area (Å²) in [4.78, 5) is 28.0. The minimum atomic E-state index is -3.78. The van der Waals surface area contributed by atoms with Gasteiger partial charge in [-0.1, -0.05) is 22.0 Å². The normalized spacial score (nSPS) is 14.7. The van der Waals surface area contributed by atoms with Gasteiger partial charge in [0.05, 0.1) is 12.0 Å². The van der Waals surface area contributed by atoms with Crippen LogP contribution < -0.4 is 4.72 Å². The fraction of sp³-hybridized carbons (Fsp3) is 0.300. The molecule has 10 heteroatoms. The molecule has 1 aliphatic heterocycles. The molecule has 1 N–H and O–H groups in total. The van der Waals surface area contributed by atoms with E-state index >= 15 is 0 Å². The molecule has 3 rings (SSSR count). The van der Waals surface area contributed by atoms with Crippen LogP contribution in [0.15, 0.2) is 57.9 Å². The molecular formula is C20H22BrN3O5S. The molecule has 0 saturated carbocycles. The van der Waals surface area contributed by atoms with Crippen LogP contribution in [0, 0.1) is 0 Å². The fourth-order valence-corrected chi connectivity index (χ4v) is 4.47. The predicted octanol–water partition coefficient (Wildman–Crippen LogP) is 3.16. The Morgan fingerprint density at radius 2 is 1.67 bits per heavy atom. The molecule has 0 aliphatic carbocycles. The van der Waals surface area contributed by atoms with E-state index in [2.05, 4.69) is 20.7 Å². The summed E-state index contributed by atoms with van der Waals surface area (Å²) >= 11 is 3.28. The number of rotatable bonds is 4. The Bertz CT molecular complexity index is 1030. The Morgan fingerprint density at radius 3 is 2.37 bits per heavy atom. The highest BCUT2D eigenvalue weighted by atomic mass is 79.9. The third-order valence-electron chi connectivity index (χ3n) is 4.70. The van der Waals surface area contributed by atoms with Crippen molar-refractivity contribution in [1.29, 1.82) is 0 Å². The summed E-state index contributed by atoms with van der Waals surface area (Å²) in [7, 11) is -2.45. The number of anilines is 1. The highest BCUT2D eigenvalue weighted by Crippen LogP contribution is 2.20. The number of benzene rings is 2. The van der Waals surface area contributed by atoms with Crippen molar-refractivity contribution in [3.63, 3.8) is 0 Å². The van der Waals surface area contributed by atoms with E-state index < -0.39 is 16.1 Å². The predicted molar refractivity (Wildman–Crippen MR) is 116 cm³/mol. The maximum atomic E-state index is 12.9. The zero-order valence-corrected chi connectivity index (χ0v) is 18.8. The van der Waals surface area contributed by atoms with E-state index in [1.54, 1.807) is 40.1 Å². The number of nitrogens with one attached hydrogen (secondary N) is 1. The van der Waals surface area contributed by atoms with Gasteiger partial charge >= 0.3 is 6.09 Å². The number of halogens is 1. The Labute approximate surface area is 184 Å². The van der Waals surface area contributed by atoms with Gasteiger partial charge in [-0.05, 0) is 48.9 Å². The Balaban J connectivity index is 1.72. The number of hydrogen-bond donors (Lipinski definition) is 1. The van der Waals surface area contributed by atoms with Crippen LogP contribution in [0.4, 0.5) is 10.5 Å². The van der Waals surface area contributed by atoms with E-state index in [9.17, 15) is 18.0 Å². The number of carbonyl (C=O) groups is 2. The summed E-state index contributed by atoms with van der Waals surface area (Å²) in [6, 6.07) is 12.7. The molecule has 30 heavy (non-hydrogen) atoms. The van der Waals surface area contributed by atoms with Crippen molar-refractivity contribution in [2.45, 2.75) is 11.3 Å². The van der Waals surface area contributed by atoms with Crippen LogP contribution >= 0.6 is 15.9 Å². The second-order valence-electron chi connectivity index (χ2n) is 6.74. The van der Waals surface area contributed by atoms with Gasteiger partial charge in [-0.2, -0.15) is 0 Å². The van der Waals surface area contributed by atoms with Gasteiger partial charge in [0.2, 0.25) is 0 Å². The summed E-state index contributed by atoms with van der Waals surface area (Å²) in [6.45, 7) is 1.78. The first kappa shape index (κ1) is 22.1. The lowest BCUT2D eigenvalue weighted by Gasteiger charge is -2.21. The van der Waals surface area contributed by atoms with E-state index in [1.807, 2.05) is 0 Å². The first-order valence-corrected chi connectivity index (χ1v) is 11.6. The first-order chi connectivity index (χ1) is 14.3. The number of ether oxygens (including phenoxy) is 1. The van der Waals surface area contributed by atoms with E-state index in [-0.39, 0.29) is 10.8 Å². The fourth-order valence-electron chi connectivity index (χ4n) is 3.16. The minimum Gasteiger partial charge on any atom is -0.453 e. The monoisotopic (exact) mass is 495 g/mol. The average Bonchev–Trinajstić information content (AvgIpc) is 2.99. The second kappa shape index (κ2) is 9.48. The van der Waals surface area contributed by atoms with Crippen molar-refractivity contribution in [2.24, 2.45) is 0 Å². The number of carbonyl (C=O) groups excluding carboxylic acids is 2. The summed E-state index contributed by atoms with van der Waals surface area (Å²) in [5.74, 6) is -0.216. The molecule has 2 aromatic rings. The molecule has 2 amide bonds. The quantitative estimate of drug-likeness (QED) is 0.702. The van der Waals surface area contributed by atoms with Crippen LogP contribution in [0.2, 0.25) is 0 Å². The molecule has 8 nitrogen and oxygen atoms in total. The van der Waals surface area contributed by atoms with E-state index in [4.69, 9.17) is 4.74 Å². The molecule has 1 saturated heterocycles. The number of nitrogens with zero attached hydrogens (tertiary/aromatic N) is 2. The summed E-state index contributed by atoms with van der Waals surface area (Å²) < 4.78 is 33.2. The SMILES string of the molecule is COC(=O)N1CCCN(C(=O)c2cccc(NS(=O)(=O)c3ccc(Br)cc3)c2)CC1. The van der Waals surface area contributed by atoms with Crippen molar-refractivity contribution >= 4 is 43.6 Å². The van der Waals surface area contributed by atoms with Crippen LogP contribution in [-0.2, 0) is 14.8 Å². The van der Waals surface area contributed by atoms with Crippen molar-refractivity contribution < 1.29 is 22.7 Å². The summed E-state index contributed by atoms with van der Waals surface area (Å²) in [5.41, 5.74) is 0.673. The summed E-state index contributed by atoms with van der Waals surface area (Å²) in [5, 5.41) is 0. The van der Waals surface area contributed by atoms with Crippen LogP contribution in [0.25, 0.3) is 0 Å². The molecular weight excluding hydrogens is 474 g/mol. The molecule has 160 valence electrons. The topological polar surface area (TPSA) is 96.0 Å². The van der Waals surface area contributed by atoms with Gasteiger partial charge in [-0.15, -0.1) is 0 Å². The van der Waals surface area contributed by atoms with E-state index in [0.29, 0.717) is 43.9 Å². The Kier molecular flexibility index (Phi) is 6.99. The van der Waals surface area contributed by atoms with Gasteiger partial charge in [0.15, 0.2) is 0 Å². The minimum absolute atomic E-state index is 0.123. The maximum absolute atomic E-state index is 12.9. The third-order valence-corrected chi connectivity index (χ3v) is 6.63. The lowest BCUT2D eigenvalue weighted by Crippen LogP contribution is -2.37. The van der Waals surface area contributed by atoms with Gasteiger partial charge in [-0.3, -0.25) is 9.52 Å². The van der Waals surface area contributed by atoms with Gasteiger partial charge in [0.25, 0.3) is 15.9 Å². The van der Waals surface area contributed by atoms with Gasteiger partial charge < -0.3 is 14.5 Å². The number of hydrogen-bond acceptors (Lipinski definition) is 5. The Morgan fingerprint density at radius 1 is 1.00 bits per heavy atom. The molecule has 1 fully saturated rings. The van der Waals surface area contributed by atoms with Crippen molar-refractivity contribution in [3.05, 3.63) is 58.6 Å². The maximum Gasteiger partial charge on any atom is 0.409 e. The molecule has 0 spiro atoms. The summed E-state index contributed by atoms with van der Waals surface area (Å²) in [6.07, 6.45) is 0.227. The zero-order valence-electron chi connectivity index (χ0n) is 16.4. The van der Waals surface area contributed by atoms with Gasteiger partial charge in [0.1, 0.15) is 0 Å². The molecule has 0 aromatic heterocycles. The average molecular weight is 496 g/mol. The molecule has 2 aromatic carbocycles. The van der Waals surface area contributed by atoms with Crippen LogP contribution in [0.5, 0.6) is 0 Å². The standard InChI is InChI=1S/C20H22BrN3O5S/c1-29-20(26)24-11-3-10-23(12-13-24)19(25)15-4-2-5-17(14-15)22-30(27,28)18-8-6-16(21)7-9-18/h2,4-9,14,22H,3,10-13H2,1H3. The van der Waals surface area contributed by atoms with Crippen LogP contribution in [-0.4, -0.2) is 63.5 Å². The smallest absolute Gasteiger partial charge is 0.409 e. The van der Waals surface area contributed by atoms with Crippen LogP contribution in [0.1, 0.15) is 16.8 Å². The molecule has 1 heterocycles. The van der Waals surface area contributed by atoms with Gasteiger partial charge in [-0.25, -0.2) is 13.2 Å². The lowest BCUT2D eigenvalue weighted by atomic mass is 10.1. The number of amides is 2. The number of methoxy groups -OCH3 is 1.